The van der Waals surface area contributed by atoms with Gasteiger partial charge in [0, 0.05) is 17.6 Å². The zero-order valence-corrected chi connectivity index (χ0v) is 21.5. The van der Waals surface area contributed by atoms with Crippen molar-refractivity contribution in [3.63, 3.8) is 0 Å². The van der Waals surface area contributed by atoms with Gasteiger partial charge in [-0.25, -0.2) is 12.8 Å². The van der Waals surface area contributed by atoms with Crippen molar-refractivity contribution < 1.29 is 22.4 Å². The number of hydrogen-bond acceptors (Lipinski definition) is 4. The van der Waals surface area contributed by atoms with E-state index >= 15 is 0 Å². The summed E-state index contributed by atoms with van der Waals surface area (Å²) >= 11 is 3.33. The van der Waals surface area contributed by atoms with Crippen LogP contribution in [0.5, 0.6) is 0 Å². The first-order valence-electron chi connectivity index (χ1n) is 10.4. The van der Waals surface area contributed by atoms with Crippen LogP contribution < -0.4 is 9.62 Å². The number of nitrogens with zero attached hydrogens (tertiary/aromatic N) is 2. The fraction of sp³-hybridized carbons (Fsp3) is 0.391. The fourth-order valence-electron chi connectivity index (χ4n) is 3.07. The van der Waals surface area contributed by atoms with Crippen LogP contribution in [-0.4, -0.2) is 50.5 Å². The van der Waals surface area contributed by atoms with Gasteiger partial charge in [-0.05, 0) is 58.6 Å². The SMILES string of the molecule is CC(C)CNC(=O)[C@H](C)N(Cc1ccc(F)cc1)C(=O)CN(c1ccccc1Br)S(C)(=O)=O. The van der Waals surface area contributed by atoms with Crippen molar-refractivity contribution in [3.8, 4) is 0 Å². The first-order valence-corrected chi connectivity index (χ1v) is 13.1. The van der Waals surface area contributed by atoms with Crippen LogP contribution in [-0.2, 0) is 26.2 Å². The van der Waals surface area contributed by atoms with E-state index in [2.05, 4.69) is 21.2 Å². The highest BCUT2D eigenvalue weighted by Gasteiger charge is 2.30. The number of sulfonamides is 1. The van der Waals surface area contributed by atoms with Gasteiger partial charge in [-0.1, -0.05) is 38.1 Å². The molecule has 0 heterocycles. The van der Waals surface area contributed by atoms with Crippen molar-refractivity contribution in [3.05, 3.63) is 64.4 Å². The lowest BCUT2D eigenvalue weighted by atomic mass is 10.1. The molecule has 2 amide bonds. The van der Waals surface area contributed by atoms with E-state index in [1.54, 1.807) is 31.2 Å². The first kappa shape index (κ1) is 26.8. The molecule has 0 bridgehead atoms. The van der Waals surface area contributed by atoms with E-state index in [4.69, 9.17) is 0 Å². The fourth-order valence-corrected chi connectivity index (χ4v) is 4.55. The maximum absolute atomic E-state index is 13.4. The number of para-hydroxylation sites is 1. The predicted molar refractivity (Wildman–Crippen MR) is 131 cm³/mol. The molecular formula is C23H29BrFN3O4S. The number of carbonyl (C=O) groups is 2. The zero-order chi connectivity index (χ0) is 24.8. The molecular weight excluding hydrogens is 513 g/mol. The molecule has 180 valence electrons. The number of benzene rings is 2. The molecule has 0 aromatic heterocycles. The standard InChI is InChI=1S/C23H29BrFN3O4S/c1-16(2)13-26-23(30)17(3)27(14-18-9-11-19(25)12-10-18)22(29)15-28(33(4,31)32)21-8-6-5-7-20(21)24/h5-12,16-17H,13-15H2,1-4H3,(H,26,30)/t17-/m0/s1. The van der Waals surface area contributed by atoms with Gasteiger partial charge in [0.1, 0.15) is 18.4 Å². The predicted octanol–water partition coefficient (Wildman–Crippen LogP) is 3.54. The van der Waals surface area contributed by atoms with Crippen molar-refractivity contribution in [2.45, 2.75) is 33.4 Å². The molecule has 0 spiro atoms. The lowest BCUT2D eigenvalue weighted by Crippen LogP contribution is -2.51. The van der Waals surface area contributed by atoms with E-state index in [9.17, 15) is 22.4 Å². The van der Waals surface area contributed by atoms with Crippen LogP contribution in [0.15, 0.2) is 53.0 Å². The zero-order valence-electron chi connectivity index (χ0n) is 19.1. The minimum Gasteiger partial charge on any atom is -0.354 e. The van der Waals surface area contributed by atoms with E-state index < -0.39 is 34.3 Å². The van der Waals surface area contributed by atoms with Gasteiger partial charge in [-0.3, -0.25) is 13.9 Å². The monoisotopic (exact) mass is 541 g/mol. The van der Waals surface area contributed by atoms with Crippen molar-refractivity contribution in [1.29, 1.82) is 0 Å². The molecule has 0 saturated heterocycles. The molecule has 2 rings (SSSR count). The summed E-state index contributed by atoms with van der Waals surface area (Å²) in [6, 6.07) is 11.4. The molecule has 0 aliphatic rings. The smallest absolute Gasteiger partial charge is 0.244 e. The van der Waals surface area contributed by atoms with Gasteiger partial charge in [0.25, 0.3) is 0 Å². The van der Waals surface area contributed by atoms with Crippen molar-refractivity contribution in [2.24, 2.45) is 5.92 Å². The largest absolute Gasteiger partial charge is 0.354 e. The summed E-state index contributed by atoms with van der Waals surface area (Å²) < 4.78 is 39.9. The Balaban J connectivity index is 2.36. The van der Waals surface area contributed by atoms with Crippen molar-refractivity contribution >= 4 is 43.5 Å². The van der Waals surface area contributed by atoms with Crippen LogP contribution >= 0.6 is 15.9 Å². The van der Waals surface area contributed by atoms with Crippen LogP contribution in [0.1, 0.15) is 26.3 Å². The Kier molecular flexibility index (Phi) is 9.42. The molecule has 2 aromatic carbocycles. The molecule has 2 aromatic rings. The Bertz CT molecular complexity index is 1080. The Labute approximate surface area is 203 Å². The number of halogens is 2. The third kappa shape index (κ3) is 7.82. The highest BCUT2D eigenvalue weighted by Crippen LogP contribution is 2.28. The summed E-state index contributed by atoms with van der Waals surface area (Å²) in [6.07, 6.45) is 1.02. The Morgan fingerprint density at radius 1 is 1.06 bits per heavy atom. The Morgan fingerprint density at radius 2 is 1.67 bits per heavy atom. The number of hydrogen-bond donors (Lipinski definition) is 1. The van der Waals surface area contributed by atoms with E-state index in [0.29, 0.717) is 22.3 Å². The topological polar surface area (TPSA) is 86.8 Å². The highest BCUT2D eigenvalue weighted by atomic mass is 79.9. The molecule has 10 heteroatoms. The molecule has 0 fully saturated rings. The molecule has 0 radical (unpaired) electrons. The third-order valence-electron chi connectivity index (χ3n) is 4.92. The Hall–Kier alpha value is -2.46. The van der Waals surface area contributed by atoms with Gasteiger partial charge in [-0.2, -0.15) is 0 Å². The van der Waals surface area contributed by atoms with Crippen LogP contribution in [0.25, 0.3) is 0 Å². The third-order valence-corrected chi connectivity index (χ3v) is 6.72. The second-order valence-electron chi connectivity index (χ2n) is 8.18. The molecule has 0 aliphatic carbocycles. The second-order valence-corrected chi connectivity index (χ2v) is 10.9. The maximum atomic E-state index is 13.4. The molecule has 0 saturated carbocycles. The summed E-state index contributed by atoms with van der Waals surface area (Å²) in [6.45, 7) is 5.45. The van der Waals surface area contributed by atoms with E-state index in [1.165, 1.54) is 29.2 Å². The minimum absolute atomic E-state index is 0.0168. The van der Waals surface area contributed by atoms with Gasteiger partial charge in [0.05, 0.1) is 11.9 Å². The van der Waals surface area contributed by atoms with Crippen LogP contribution in [0.2, 0.25) is 0 Å². The maximum Gasteiger partial charge on any atom is 0.244 e. The lowest BCUT2D eigenvalue weighted by molar-refractivity contribution is -0.139. The summed E-state index contributed by atoms with van der Waals surface area (Å²) in [4.78, 5) is 27.4. The number of nitrogens with one attached hydrogen (secondary N) is 1. The molecule has 1 atom stereocenters. The number of rotatable bonds is 10. The van der Waals surface area contributed by atoms with Gasteiger partial charge in [0.2, 0.25) is 21.8 Å². The molecule has 7 nitrogen and oxygen atoms in total. The summed E-state index contributed by atoms with van der Waals surface area (Å²) in [5.41, 5.74) is 0.923. The van der Waals surface area contributed by atoms with E-state index in [1.807, 2.05) is 13.8 Å². The van der Waals surface area contributed by atoms with Crippen molar-refractivity contribution in [2.75, 3.05) is 23.7 Å². The average molecular weight is 542 g/mol. The average Bonchev–Trinajstić information content (AvgIpc) is 2.74. The van der Waals surface area contributed by atoms with Gasteiger partial charge < -0.3 is 10.2 Å². The van der Waals surface area contributed by atoms with E-state index in [0.717, 1.165) is 10.6 Å². The lowest BCUT2D eigenvalue weighted by Gasteiger charge is -2.32. The minimum atomic E-state index is -3.81. The van der Waals surface area contributed by atoms with Crippen molar-refractivity contribution in [1.82, 2.24) is 10.2 Å². The number of carbonyl (C=O) groups excluding carboxylic acids is 2. The second kappa shape index (κ2) is 11.6. The van der Waals surface area contributed by atoms with Crippen LogP contribution in [0, 0.1) is 11.7 Å². The number of anilines is 1. The Morgan fingerprint density at radius 3 is 2.21 bits per heavy atom. The van der Waals surface area contributed by atoms with Crippen LogP contribution in [0.3, 0.4) is 0 Å². The highest BCUT2D eigenvalue weighted by molar-refractivity contribution is 9.10. The molecule has 33 heavy (non-hydrogen) atoms. The first-order chi connectivity index (χ1) is 15.4. The molecule has 1 N–H and O–H groups in total. The summed E-state index contributed by atoms with van der Waals surface area (Å²) in [5, 5.41) is 2.80. The molecule has 0 unspecified atom stereocenters. The normalized spacial score (nSPS) is 12.3. The van der Waals surface area contributed by atoms with E-state index in [-0.39, 0.29) is 18.4 Å². The van der Waals surface area contributed by atoms with Crippen LogP contribution in [0.4, 0.5) is 10.1 Å². The number of amides is 2. The summed E-state index contributed by atoms with van der Waals surface area (Å²) in [5.74, 6) is -1.12. The molecule has 0 aliphatic heterocycles. The van der Waals surface area contributed by atoms with Gasteiger partial charge in [-0.15, -0.1) is 0 Å². The van der Waals surface area contributed by atoms with Gasteiger partial charge in [0.15, 0.2) is 0 Å². The quantitative estimate of drug-likeness (QED) is 0.498. The summed E-state index contributed by atoms with van der Waals surface area (Å²) in [7, 11) is -3.81. The van der Waals surface area contributed by atoms with Gasteiger partial charge >= 0.3 is 0 Å².